The van der Waals surface area contributed by atoms with E-state index in [1.165, 1.54) is 100 Å². The summed E-state index contributed by atoms with van der Waals surface area (Å²) >= 11 is 6.86. The molecule has 17 rings (SSSR count). The Hall–Kier alpha value is -8.93. The Kier molecular flexibility index (Phi) is 38.7. The molecule has 561 valence electrons. The number of carbonyl (C=O) groups is 3. The van der Waals surface area contributed by atoms with Gasteiger partial charge in [0.2, 0.25) is 0 Å². The first-order valence-corrected chi connectivity index (χ1v) is 35.9. The first-order valence-electron chi connectivity index (χ1n) is 32.6. The molecule has 5 radical (unpaired) electrons. The van der Waals surface area contributed by atoms with E-state index in [0.29, 0.717) is 5.89 Å². The van der Waals surface area contributed by atoms with E-state index in [0.717, 1.165) is 81.0 Å². The standard InChI is InChI=1S/2C17H10NS.C13H8NO.2C13H8NS.3C5H8O2.5Ir/c1-2-8-13-12(6-1)7-5-9-14(13)17-18-15-10-3-4-11-16(15)19-17;1-2-6-13-11-14(10-9-12(13)5-1)17-18-15-7-3-4-8-16(15)19-17;3*1-2-6-10(7-3-1)13-14-11-8-4-5-9-12(11)15-13;3*1-4(6)3-5(2)7;;;;;/h1-8,10-11H;1-9,11H;3*1-6,8-9H;3*3,6H,1-2H3;;;;;/q5*-1;;;;;;;;. The van der Waals surface area contributed by atoms with Crippen molar-refractivity contribution in [1.82, 2.24) is 24.9 Å². The zero-order chi connectivity index (χ0) is 73.2. The number of oxazole rings is 1. The molecular weight excluding hydrogens is 2330 g/mol. The van der Waals surface area contributed by atoms with Crippen molar-refractivity contribution in [3.63, 3.8) is 0 Å². The van der Waals surface area contributed by atoms with Crippen LogP contribution in [0, 0.1) is 30.3 Å². The Labute approximate surface area is 716 Å². The van der Waals surface area contributed by atoms with Crippen LogP contribution in [-0.2, 0) is 115 Å². The van der Waals surface area contributed by atoms with Crippen molar-refractivity contribution in [2.75, 3.05) is 0 Å². The van der Waals surface area contributed by atoms with Crippen LogP contribution in [0.15, 0.2) is 307 Å². The largest absolute Gasteiger partial charge is 0.512 e. The molecule has 0 aliphatic heterocycles. The SMILES string of the molecule is CC(=O)C=C(C)O.CC(=O)C=C(C)O.CC(=O)C=C(C)O.[Ir].[Ir].[Ir].[Ir].[Ir].[c-]1cc2ccccc2cc1-c1nc2ccccc2s1.[c-]1ccc2ccccc2c1-c1nc2ccccc2s1.[c-]1ccccc1-c1nc2ccccc2o1.[c-]1ccccc1-c1nc2ccccc2s1.[c-]1ccccc1-c1nc2ccccc2s1. The first kappa shape index (κ1) is 90.7. The Morgan fingerprint density at radius 1 is 0.330 bits per heavy atom. The molecule has 0 aliphatic rings. The van der Waals surface area contributed by atoms with Crippen molar-refractivity contribution in [3.05, 3.63) is 333 Å². The number of rotatable bonds is 8. The van der Waals surface area contributed by atoms with Crippen molar-refractivity contribution >= 4 is 136 Å². The van der Waals surface area contributed by atoms with Gasteiger partial charge in [0, 0.05) is 158 Å². The average Bonchev–Trinajstić information content (AvgIpc) is 1.58. The minimum Gasteiger partial charge on any atom is -0.512 e. The zero-order valence-electron chi connectivity index (χ0n) is 59.1. The summed E-state index contributed by atoms with van der Waals surface area (Å²) in [6.07, 6.45) is 3.50. The van der Waals surface area contributed by atoms with Gasteiger partial charge in [0.1, 0.15) is 11.5 Å². The van der Waals surface area contributed by atoms with E-state index in [9.17, 15) is 14.4 Å². The third-order valence-corrected chi connectivity index (χ3v) is 18.6. The molecular formula is C88H68Ir5N5O7S4-5. The maximum Gasteiger partial charge on any atom is 0.155 e. The van der Waals surface area contributed by atoms with Crippen LogP contribution in [0.2, 0.25) is 0 Å². The second kappa shape index (κ2) is 46.5. The van der Waals surface area contributed by atoms with Gasteiger partial charge in [-0.3, -0.25) is 39.3 Å². The van der Waals surface area contributed by atoms with Crippen molar-refractivity contribution < 1.29 is 135 Å². The minimum absolute atomic E-state index is 0. The van der Waals surface area contributed by atoms with Gasteiger partial charge in [-0.15, -0.1) is 160 Å². The summed E-state index contributed by atoms with van der Waals surface area (Å²) in [7, 11) is 0. The fraction of sp³-hybridized carbons (Fsp3) is 0.0682. The van der Waals surface area contributed by atoms with E-state index >= 15 is 0 Å². The predicted octanol–water partition coefficient (Wildman–Crippen LogP) is 23.8. The van der Waals surface area contributed by atoms with E-state index in [4.69, 9.17) is 24.7 Å². The Morgan fingerprint density at radius 3 is 1.07 bits per heavy atom. The summed E-state index contributed by atoms with van der Waals surface area (Å²) in [5, 5.41) is 34.1. The fourth-order valence-corrected chi connectivity index (χ4v) is 13.8. The molecule has 0 unspecified atom stereocenters. The molecule has 0 spiro atoms. The first-order chi connectivity index (χ1) is 50.5. The maximum atomic E-state index is 10.0. The number of aromatic nitrogens is 5. The second-order valence-corrected chi connectivity index (χ2v) is 27.0. The summed E-state index contributed by atoms with van der Waals surface area (Å²) < 4.78 is 10.5. The number of carbonyl (C=O) groups excluding carboxylic acids is 3. The molecule has 12 nitrogen and oxygen atoms in total. The monoisotopic (exact) mass is 2400 g/mol. The van der Waals surface area contributed by atoms with Crippen LogP contribution < -0.4 is 0 Å². The number of hydrogen-bond donors (Lipinski definition) is 3. The number of ketones is 3. The van der Waals surface area contributed by atoms with Crippen LogP contribution in [0.1, 0.15) is 41.5 Å². The molecule has 12 aromatic carbocycles. The van der Waals surface area contributed by atoms with E-state index in [1.54, 1.807) is 45.3 Å². The minimum atomic E-state index is -0.125. The number of fused-ring (bicyclic) bond motifs is 7. The number of aliphatic hydroxyl groups is 3. The average molecular weight is 2400 g/mol. The number of thiazole rings is 4. The quantitative estimate of drug-likeness (QED) is 0.0743. The van der Waals surface area contributed by atoms with Gasteiger partial charge in [-0.2, -0.15) is 45.3 Å². The second-order valence-electron chi connectivity index (χ2n) is 22.9. The molecule has 0 saturated carbocycles. The van der Waals surface area contributed by atoms with Crippen LogP contribution in [-0.4, -0.2) is 57.6 Å². The predicted molar refractivity (Wildman–Crippen MR) is 430 cm³/mol. The van der Waals surface area contributed by atoms with Crippen molar-refractivity contribution in [3.8, 4) is 53.7 Å². The normalized spacial score (nSPS) is 10.5. The van der Waals surface area contributed by atoms with E-state index in [1.807, 2.05) is 170 Å². The van der Waals surface area contributed by atoms with Gasteiger partial charge in [-0.05, 0) is 102 Å². The zero-order valence-corrected chi connectivity index (χ0v) is 74.4. The number of para-hydroxylation sites is 6. The molecule has 5 heterocycles. The summed E-state index contributed by atoms with van der Waals surface area (Å²) in [6, 6.07) is 105. The van der Waals surface area contributed by atoms with Crippen molar-refractivity contribution in [2.45, 2.75) is 41.5 Å². The Balaban J connectivity index is 0.000000227. The summed E-state index contributed by atoms with van der Waals surface area (Å²) in [5.74, 6) is 0.435. The van der Waals surface area contributed by atoms with E-state index < -0.39 is 0 Å². The molecule has 5 aromatic heterocycles. The molecule has 21 heteroatoms. The number of allylic oxidation sites excluding steroid dienone is 6. The molecule has 0 atom stereocenters. The topological polar surface area (TPSA) is 189 Å². The third-order valence-electron chi connectivity index (χ3n) is 14.4. The van der Waals surface area contributed by atoms with Gasteiger partial charge in [0.25, 0.3) is 0 Å². The molecule has 17 aromatic rings. The molecule has 0 bridgehead atoms. The van der Waals surface area contributed by atoms with Gasteiger partial charge in [0.15, 0.2) is 17.3 Å². The Morgan fingerprint density at radius 2 is 0.679 bits per heavy atom. The van der Waals surface area contributed by atoms with Gasteiger partial charge in [-0.25, -0.2) is 0 Å². The van der Waals surface area contributed by atoms with Crippen molar-refractivity contribution in [1.29, 1.82) is 0 Å². The molecule has 0 saturated heterocycles. The maximum absolute atomic E-state index is 10.0. The fourth-order valence-electron chi connectivity index (χ4n) is 9.98. The van der Waals surface area contributed by atoms with Crippen molar-refractivity contribution in [2.24, 2.45) is 0 Å². The Bertz CT molecular complexity index is 5290. The molecule has 0 fully saturated rings. The van der Waals surface area contributed by atoms with Gasteiger partial charge >= 0.3 is 0 Å². The van der Waals surface area contributed by atoms with E-state index in [2.05, 4.69) is 147 Å². The molecule has 0 amide bonds. The number of aliphatic hydroxyl groups excluding tert-OH is 3. The van der Waals surface area contributed by atoms with Crippen LogP contribution in [0.25, 0.3) is 127 Å². The molecule has 0 aliphatic carbocycles. The van der Waals surface area contributed by atoms with Crippen LogP contribution in [0.5, 0.6) is 0 Å². The summed E-state index contributed by atoms with van der Waals surface area (Å²) in [6.45, 7) is 8.54. The van der Waals surface area contributed by atoms with Crippen LogP contribution in [0.3, 0.4) is 0 Å². The summed E-state index contributed by atoms with van der Waals surface area (Å²) in [4.78, 5) is 53.0. The number of nitrogens with zero attached hydrogens (tertiary/aromatic N) is 5. The van der Waals surface area contributed by atoms with Gasteiger partial charge in [-0.1, -0.05) is 126 Å². The number of hydrogen-bond acceptors (Lipinski definition) is 16. The van der Waals surface area contributed by atoms with Crippen LogP contribution in [0.4, 0.5) is 0 Å². The third kappa shape index (κ3) is 27.9. The van der Waals surface area contributed by atoms with Gasteiger partial charge < -0.3 is 19.7 Å². The molecule has 109 heavy (non-hydrogen) atoms. The smallest absolute Gasteiger partial charge is 0.155 e. The van der Waals surface area contributed by atoms with Crippen LogP contribution >= 0.6 is 45.3 Å². The van der Waals surface area contributed by atoms with Gasteiger partial charge in [0.05, 0.1) is 44.9 Å². The number of benzene rings is 12. The van der Waals surface area contributed by atoms with E-state index in [-0.39, 0.29) is 135 Å². The molecule has 3 N–H and O–H groups in total. The summed E-state index contributed by atoms with van der Waals surface area (Å²) in [5.41, 5.74) is 11.1.